The lowest BCUT2D eigenvalue weighted by Gasteiger charge is -2.57. The molecule has 0 aliphatic heterocycles. The van der Waals surface area contributed by atoms with Crippen LogP contribution in [0.5, 0.6) is 0 Å². The van der Waals surface area contributed by atoms with E-state index in [1.807, 2.05) is 0 Å². The number of rotatable bonds is 4. The normalized spacial score (nSPS) is 47.4. The van der Waals surface area contributed by atoms with Crippen molar-refractivity contribution < 1.29 is 0 Å². The number of hydrogen-bond acceptors (Lipinski definition) is 3. The predicted molar refractivity (Wildman–Crippen MR) is 61.1 cm³/mol. The summed E-state index contributed by atoms with van der Waals surface area (Å²) in [5.41, 5.74) is 12.9. The molecule has 0 aromatic heterocycles. The van der Waals surface area contributed by atoms with Crippen molar-refractivity contribution in [2.75, 3.05) is 13.1 Å². The molecule has 0 aromatic carbocycles. The van der Waals surface area contributed by atoms with Gasteiger partial charge in [0.25, 0.3) is 0 Å². The summed E-state index contributed by atoms with van der Waals surface area (Å²) in [5, 5.41) is 0. The maximum Gasteiger partial charge on any atom is 0.0331 e. The highest BCUT2D eigenvalue weighted by Gasteiger charge is 2.50. The minimum Gasteiger partial charge on any atom is -0.329 e. The van der Waals surface area contributed by atoms with Crippen LogP contribution in [0, 0.1) is 17.8 Å². The molecule has 4 N–H and O–H groups in total. The Labute approximate surface area is 92.1 Å². The lowest BCUT2D eigenvalue weighted by atomic mass is 9.53. The molecule has 4 fully saturated rings. The summed E-state index contributed by atoms with van der Waals surface area (Å²) in [7, 11) is 0. The number of nitrogens with one attached hydrogen (secondary N) is 2. The fourth-order valence-corrected chi connectivity index (χ4v) is 4.59. The van der Waals surface area contributed by atoms with E-state index in [-0.39, 0.29) is 0 Å². The topological polar surface area (TPSA) is 50.1 Å². The van der Waals surface area contributed by atoms with Crippen LogP contribution in [0.2, 0.25) is 0 Å². The van der Waals surface area contributed by atoms with Gasteiger partial charge in [0.2, 0.25) is 0 Å². The first kappa shape index (κ1) is 10.1. The van der Waals surface area contributed by atoms with E-state index in [1.165, 1.54) is 38.5 Å². The Kier molecular flexibility index (Phi) is 2.49. The Hall–Kier alpha value is -0.120. The quantitative estimate of drug-likeness (QED) is 0.478. The molecule has 4 saturated carbocycles. The van der Waals surface area contributed by atoms with Gasteiger partial charge in [0.1, 0.15) is 0 Å². The summed E-state index contributed by atoms with van der Waals surface area (Å²) >= 11 is 0. The highest BCUT2D eigenvalue weighted by molar-refractivity contribution is 5.05. The largest absolute Gasteiger partial charge is 0.329 e. The standard InChI is InChI=1S/C12H23N3/c13-1-2-14-15-12-6-9-3-10(7-12)5-11(4-9)8-12/h9-11,14-15H,1-8,13H2. The van der Waals surface area contributed by atoms with E-state index in [4.69, 9.17) is 5.73 Å². The van der Waals surface area contributed by atoms with Crippen LogP contribution in [0.25, 0.3) is 0 Å². The molecule has 3 heteroatoms. The second-order valence-electron chi connectivity index (χ2n) is 6.04. The van der Waals surface area contributed by atoms with Gasteiger partial charge in [-0.15, -0.1) is 0 Å². The van der Waals surface area contributed by atoms with E-state index in [2.05, 4.69) is 10.9 Å². The van der Waals surface area contributed by atoms with E-state index in [0.29, 0.717) is 5.54 Å². The third-order valence-electron chi connectivity index (χ3n) is 4.66. The maximum atomic E-state index is 5.50. The molecule has 0 unspecified atom stereocenters. The molecule has 3 nitrogen and oxygen atoms in total. The summed E-state index contributed by atoms with van der Waals surface area (Å²) in [4.78, 5) is 0. The van der Waals surface area contributed by atoms with Gasteiger partial charge >= 0.3 is 0 Å². The van der Waals surface area contributed by atoms with Gasteiger partial charge in [-0.05, 0) is 56.3 Å². The van der Waals surface area contributed by atoms with Gasteiger partial charge in [-0.1, -0.05) is 0 Å². The van der Waals surface area contributed by atoms with Gasteiger partial charge in [0.15, 0.2) is 0 Å². The Morgan fingerprint density at radius 3 is 2.00 bits per heavy atom. The van der Waals surface area contributed by atoms with E-state index >= 15 is 0 Å². The molecule has 0 atom stereocenters. The first-order chi connectivity index (χ1) is 7.30. The summed E-state index contributed by atoms with van der Waals surface area (Å²) in [6, 6.07) is 0. The average Bonchev–Trinajstić information content (AvgIpc) is 2.15. The SMILES string of the molecule is NCCNNC12CC3CC(CC(C3)C1)C2. The first-order valence-electron chi connectivity index (χ1n) is 6.50. The minimum absolute atomic E-state index is 0.434. The van der Waals surface area contributed by atoms with Gasteiger partial charge in [0, 0.05) is 18.6 Å². The molecular weight excluding hydrogens is 186 g/mol. The highest BCUT2D eigenvalue weighted by Crippen LogP contribution is 2.55. The molecule has 0 saturated heterocycles. The van der Waals surface area contributed by atoms with E-state index in [9.17, 15) is 0 Å². The fourth-order valence-electron chi connectivity index (χ4n) is 4.59. The first-order valence-corrected chi connectivity index (χ1v) is 6.50. The van der Waals surface area contributed by atoms with E-state index in [0.717, 1.165) is 30.8 Å². The summed E-state index contributed by atoms with van der Waals surface area (Å²) < 4.78 is 0. The van der Waals surface area contributed by atoms with Gasteiger partial charge in [-0.25, -0.2) is 0 Å². The third kappa shape index (κ3) is 1.81. The van der Waals surface area contributed by atoms with Crippen molar-refractivity contribution in [1.82, 2.24) is 10.9 Å². The molecule has 0 amide bonds. The monoisotopic (exact) mass is 209 g/mol. The van der Waals surface area contributed by atoms with Gasteiger partial charge in [-0.2, -0.15) is 0 Å². The predicted octanol–water partition coefficient (Wildman–Crippen LogP) is 1.01. The van der Waals surface area contributed by atoms with Crippen molar-refractivity contribution in [3.63, 3.8) is 0 Å². The molecule has 86 valence electrons. The second kappa shape index (κ2) is 3.72. The zero-order chi connectivity index (χ0) is 10.3. The third-order valence-corrected chi connectivity index (χ3v) is 4.66. The fraction of sp³-hybridized carbons (Fsp3) is 1.00. The number of hydrogen-bond donors (Lipinski definition) is 3. The van der Waals surface area contributed by atoms with Crippen LogP contribution in [0.15, 0.2) is 0 Å². The van der Waals surface area contributed by atoms with Crippen molar-refractivity contribution in [2.45, 2.75) is 44.1 Å². The van der Waals surface area contributed by atoms with Crippen molar-refractivity contribution in [3.8, 4) is 0 Å². The Bertz CT molecular complexity index is 204. The molecule has 4 aliphatic rings. The van der Waals surface area contributed by atoms with Crippen LogP contribution < -0.4 is 16.6 Å². The van der Waals surface area contributed by atoms with Crippen molar-refractivity contribution in [2.24, 2.45) is 23.5 Å². The molecule has 0 heterocycles. The van der Waals surface area contributed by atoms with E-state index in [1.54, 1.807) is 0 Å². The zero-order valence-electron chi connectivity index (χ0n) is 9.47. The van der Waals surface area contributed by atoms with Crippen LogP contribution in [0.3, 0.4) is 0 Å². The van der Waals surface area contributed by atoms with Gasteiger partial charge in [-0.3, -0.25) is 10.9 Å². The molecule has 0 aromatic rings. The minimum atomic E-state index is 0.434. The van der Waals surface area contributed by atoms with E-state index < -0.39 is 0 Å². The van der Waals surface area contributed by atoms with Crippen LogP contribution in [-0.4, -0.2) is 18.6 Å². The molecule has 0 spiro atoms. The van der Waals surface area contributed by atoms with Crippen LogP contribution in [0.1, 0.15) is 38.5 Å². The molecular formula is C12H23N3. The maximum absolute atomic E-state index is 5.50. The molecule has 4 aliphatic carbocycles. The van der Waals surface area contributed by atoms with Crippen molar-refractivity contribution in [1.29, 1.82) is 0 Å². The van der Waals surface area contributed by atoms with Crippen molar-refractivity contribution in [3.05, 3.63) is 0 Å². The molecule has 15 heavy (non-hydrogen) atoms. The van der Waals surface area contributed by atoms with Crippen LogP contribution >= 0.6 is 0 Å². The van der Waals surface area contributed by atoms with Gasteiger partial charge < -0.3 is 5.73 Å². The smallest absolute Gasteiger partial charge is 0.0331 e. The van der Waals surface area contributed by atoms with Crippen molar-refractivity contribution >= 4 is 0 Å². The summed E-state index contributed by atoms with van der Waals surface area (Å²) in [6.07, 6.45) is 8.73. The average molecular weight is 209 g/mol. The van der Waals surface area contributed by atoms with Gasteiger partial charge in [0.05, 0.1) is 0 Å². The Balaban J connectivity index is 1.65. The number of hydrazine groups is 1. The Morgan fingerprint density at radius 1 is 1.00 bits per heavy atom. The van der Waals surface area contributed by atoms with Crippen LogP contribution in [0.4, 0.5) is 0 Å². The lowest BCUT2D eigenvalue weighted by Crippen LogP contribution is -2.62. The Morgan fingerprint density at radius 2 is 1.53 bits per heavy atom. The highest BCUT2D eigenvalue weighted by atomic mass is 15.4. The van der Waals surface area contributed by atoms with Crippen LogP contribution in [-0.2, 0) is 0 Å². The molecule has 4 rings (SSSR count). The summed E-state index contributed by atoms with van der Waals surface area (Å²) in [5.74, 6) is 3.05. The molecule has 4 bridgehead atoms. The zero-order valence-corrected chi connectivity index (χ0v) is 9.47. The number of nitrogens with two attached hydrogens (primary N) is 1. The lowest BCUT2D eigenvalue weighted by molar-refractivity contribution is -0.0265. The summed E-state index contributed by atoms with van der Waals surface area (Å²) in [6.45, 7) is 1.61. The second-order valence-corrected chi connectivity index (χ2v) is 6.04. The molecule has 0 radical (unpaired) electrons.